The highest BCUT2D eigenvalue weighted by atomic mass is 79.9. The van der Waals surface area contributed by atoms with Crippen LogP contribution in [0.25, 0.3) is 0 Å². The number of ether oxygens (including phenoxy) is 2. The predicted octanol–water partition coefficient (Wildman–Crippen LogP) is 3.71. The third kappa shape index (κ3) is 3.98. The fourth-order valence-electron chi connectivity index (χ4n) is 1.96. The van der Waals surface area contributed by atoms with Crippen molar-refractivity contribution >= 4 is 27.6 Å². The summed E-state index contributed by atoms with van der Waals surface area (Å²) in [4.78, 5) is 12.0. The Morgan fingerprint density at radius 3 is 2.62 bits per heavy atom. The van der Waals surface area contributed by atoms with Crippen molar-refractivity contribution in [3.63, 3.8) is 0 Å². The van der Waals surface area contributed by atoms with Gasteiger partial charge in [-0.2, -0.15) is 0 Å². The van der Waals surface area contributed by atoms with Crippen LogP contribution in [0, 0.1) is 6.92 Å². The minimum atomic E-state index is -0.391. The van der Waals surface area contributed by atoms with Gasteiger partial charge < -0.3 is 15.2 Å². The first-order valence-electron chi connectivity index (χ1n) is 6.36. The fourth-order valence-corrected chi connectivity index (χ4v) is 2.55. The average molecular weight is 350 g/mol. The van der Waals surface area contributed by atoms with Crippen molar-refractivity contribution in [2.45, 2.75) is 13.5 Å². The molecule has 0 radical (unpaired) electrons. The molecule has 0 aliphatic rings. The molecular formula is C16H16BrNO3. The Hall–Kier alpha value is -2.01. The van der Waals surface area contributed by atoms with Gasteiger partial charge in [-0.25, -0.2) is 4.79 Å². The maximum atomic E-state index is 12.0. The third-order valence-electron chi connectivity index (χ3n) is 2.92. The first-order valence-corrected chi connectivity index (χ1v) is 7.15. The Balaban J connectivity index is 2.05. The summed E-state index contributed by atoms with van der Waals surface area (Å²) in [5, 5.41) is 0. The Bertz CT molecular complexity index is 650. The first-order chi connectivity index (χ1) is 9.99. The molecule has 0 bridgehead atoms. The lowest BCUT2D eigenvalue weighted by Gasteiger charge is -2.08. The number of hydrogen-bond acceptors (Lipinski definition) is 4. The van der Waals surface area contributed by atoms with E-state index in [0.717, 1.165) is 21.3 Å². The van der Waals surface area contributed by atoms with Gasteiger partial charge in [-0.05, 0) is 64.3 Å². The van der Waals surface area contributed by atoms with E-state index in [9.17, 15) is 4.79 Å². The molecule has 4 nitrogen and oxygen atoms in total. The van der Waals surface area contributed by atoms with E-state index in [1.807, 2.05) is 25.1 Å². The lowest BCUT2D eigenvalue weighted by molar-refractivity contribution is 0.0472. The Morgan fingerprint density at radius 2 is 2.00 bits per heavy atom. The summed E-state index contributed by atoms with van der Waals surface area (Å²) in [6, 6.07) is 10.7. The molecule has 0 amide bonds. The van der Waals surface area contributed by atoms with Crippen LogP contribution in [0.3, 0.4) is 0 Å². The second-order valence-electron chi connectivity index (χ2n) is 4.68. The lowest BCUT2D eigenvalue weighted by Crippen LogP contribution is -2.06. The number of carbonyl (C=O) groups excluding carboxylic acids is 1. The molecule has 0 unspecified atom stereocenters. The number of nitrogens with two attached hydrogens (primary N) is 1. The summed E-state index contributed by atoms with van der Waals surface area (Å²) in [6.45, 7) is 2.07. The fraction of sp³-hybridized carbons (Fsp3) is 0.188. The van der Waals surface area contributed by atoms with Crippen molar-refractivity contribution in [3.8, 4) is 5.75 Å². The number of nitrogen functional groups attached to an aromatic ring is 1. The van der Waals surface area contributed by atoms with Crippen molar-refractivity contribution in [1.82, 2.24) is 0 Å². The molecule has 0 atom stereocenters. The number of anilines is 1. The van der Waals surface area contributed by atoms with Gasteiger partial charge in [-0.1, -0.05) is 6.07 Å². The third-order valence-corrected chi connectivity index (χ3v) is 3.54. The topological polar surface area (TPSA) is 61.5 Å². The second-order valence-corrected chi connectivity index (χ2v) is 5.53. The predicted molar refractivity (Wildman–Crippen MR) is 85.4 cm³/mol. The smallest absolute Gasteiger partial charge is 0.338 e. The van der Waals surface area contributed by atoms with Crippen LogP contribution in [0.1, 0.15) is 21.5 Å². The van der Waals surface area contributed by atoms with Crippen LogP contribution in [0.5, 0.6) is 5.75 Å². The number of methoxy groups -OCH3 is 1. The molecule has 5 heteroatoms. The van der Waals surface area contributed by atoms with Crippen molar-refractivity contribution in [2.75, 3.05) is 12.8 Å². The number of aryl methyl sites for hydroxylation is 1. The van der Waals surface area contributed by atoms with Crippen molar-refractivity contribution in [1.29, 1.82) is 0 Å². The molecule has 110 valence electrons. The monoisotopic (exact) mass is 349 g/mol. The molecule has 0 saturated carbocycles. The summed E-state index contributed by atoms with van der Waals surface area (Å²) in [7, 11) is 1.60. The molecule has 2 aromatic carbocycles. The van der Waals surface area contributed by atoms with Gasteiger partial charge in [0.25, 0.3) is 0 Å². The molecule has 0 heterocycles. The number of rotatable bonds is 4. The zero-order valence-electron chi connectivity index (χ0n) is 11.9. The van der Waals surface area contributed by atoms with Crippen LogP contribution >= 0.6 is 15.9 Å². The first kappa shape index (κ1) is 15.4. The highest BCUT2D eigenvalue weighted by Gasteiger charge is 2.09. The Kier molecular flexibility index (Phi) is 4.85. The van der Waals surface area contributed by atoms with Crippen LogP contribution in [-0.4, -0.2) is 13.1 Å². The van der Waals surface area contributed by atoms with Crippen LogP contribution in [-0.2, 0) is 11.3 Å². The number of carbonyl (C=O) groups is 1. The highest BCUT2D eigenvalue weighted by Crippen LogP contribution is 2.26. The van der Waals surface area contributed by atoms with E-state index in [1.54, 1.807) is 25.3 Å². The molecule has 0 spiro atoms. The molecule has 0 saturated heterocycles. The Labute approximate surface area is 132 Å². The summed E-state index contributed by atoms with van der Waals surface area (Å²) < 4.78 is 11.3. The lowest BCUT2D eigenvalue weighted by atomic mass is 10.1. The van der Waals surface area contributed by atoms with E-state index < -0.39 is 5.97 Å². The summed E-state index contributed by atoms with van der Waals surface area (Å²) in [5.74, 6) is 0.342. The molecule has 0 fully saturated rings. The molecule has 0 aliphatic carbocycles. The largest absolute Gasteiger partial charge is 0.496 e. The maximum absolute atomic E-state index is 12.0. The minimum absolute atomic E-state index is 0.190. The normalized spacial score (nSPS) is 10.2. The van der Waals surface area contributed by atoms with Gasteiger partial charge in [0.15, 0.2) is 0 Å². The van der Waals surface area contributed by atoms with Crippen molar-refractivity contribution in [3.05, 3.63) is 57.6 Å². The SMILES string of the molecule is COc1ccc(COC(=O)c2cc(C)cc(N)c2)cc1Br. The zero-order valence-corrected chi connectivity index (χ0v) is 13.4. The summed E-state index contributed by atoms with van der Waals surface area (Å²) >= 11 is 3.40. The molecule has 2 rings (SSSR count). The van der Waals surface area contributed by atoms with Crippen molar-refractivity contribution < 1.29 is 14.3 Å². The average Bonchev–Trinajstić information content (AvgIpc) is 2.43. The standard InChI is InChI=1S/C16H16BrNO3/c1-10-5-12(8-13(18)6-10)16(19)21-9-11-3-4-15(20-2)14(17)7-11/h3-8H,9,18H2,1-2H3. The van der Waals surface area contributed by atoms with E-state index in [4.69, 9.17) is 15.2 Å². The molecular weight excluding hydrogens is 334 g/mol. The minimum Gasteiger partial charge on any atom is -0.496 e. The molecule has 0 aromatic heterocycles. The quantitative estimate of drug-likeness (QED) is 0.675. The number of benzene rings is 2. The summed E-state index contributed by atoms with van der Waals surface area (Å²) in [6.07, 6.45) is 0. The van der Waals surface area contributed by atoms with E-state index in [-0.39, 0.29) is 6.61 Å². The highest BCUT2D eigenvalue weighted by molar-refractivity contribution is 9.10. The molecule has 2 aromatic rings. The van der Waals surface area contributed by atoms with E-state index >= 15 is 0 Å². The van der Waals surface area contributed by atoms with Gasteiger partial charge in [0.1, 0.15) is 12.4 Å². The van der Waals surface area contributed by atoms with Crippen molar-refractivity contribution in [2.24, 2.45) is 0 Å². The van der Waals surface area contributed by atoms with Gasteiger partial charge in [0, 0.05) is 5.69 Å². The van der Waals surface area contributed by atoms with Gasteiger partial charge in [-0.15, -0.1) is 0 Å². The molecule has 2 N–H and O–H groups in total. The van der Waals surface area contributed by atoms with Crippen LogP contribution in [0.2, 0.25) is 0 Å². The summed E-state index contributed by atoms with van der Waals surface area (Å²) in [5.41, 5.74) is 8.53. The van der Waals surface area contributed by atoms with E-state index in [0.29, 0.717) is 11.3 Å². The number of halogens is 1. The zero-order chi connectivity index (χ0) is 15.4. The van der Waals surface area contributed by atoms with Gasteiger partial charge >= 0.3 is 5.97 Å². The van der Waals surface area contributed by atoms with Gasteiger partial charge in [-0.3, -0.25) is 0 Å². The molecule has 21 heavy (non-hydrogen) atoms. The van der Waals surface area contributed by atoms with Crippen LogP contribution < -0.4 is 10.5 Å². The van der Waals surface area contributed by atoms with Gasteiger partial charge in [0.05, 0.1) is 17.1 Å². The van der Waals surface area contributed by atoms with Crippen LogP contribution in [0.15, 0.2) is 40.9 Å². The molecule has 0 aliphatic heterocycles. The second kappa shape index (κ2) is 6.63. The van der Waals surface area contributed by atoms with E-state index in [2.05, 4.69) is 15.9 Å². The Morgan fingerprint density at radius 1 is 1.24 bits per heavy atom. The number of esters is 1. The van der Waals surface area contributed by atoms with Crippen LogP contribution in [0.4, 0.5) is 5.69 Å². The maximum Gasteiger partial charge on any atom is 0.338 e. The van der Waals surface area contributed by atoms with E-state index in [1.165, 1.54) is 0 Å². The number of hydrogen-bond donors (Lipinski definition) is 1. The van der Waals surface area contributed by atoms with Gasteiger partial charge in [0.2, 0.25) is 0 Å².